The van der Waals surface area contributed by atoms with E-state index >= 15 is 0 Å². The number of esters is 1. The molecular formula is C9H7NO2S. The third kappa shape index (κ3) is 1.53. The van der Waals surface area contributed by atoms with Crippen molar-refractivity contribution in [1.29, 1.82) is 0 Å². The average Bonchev–Trinajstić information content (AvgIpc) is 2.47. The van der Waals surface area contributed by atoms with Gasteiger partial charge in [-0.2, -0.15) is 0 Å². The van der Waals surface area contributed by atoms with Crippen molar-refractivity contribution in [2.75, 3.05) is 0 Å². The van der Waals surface area contributed by atoms with E-state index in [-0.39, 0.29) is 11.1 Å². The van der Waals surface area contributed by atoms with E-state index in [4.69, 9.17) is 17.0 Å². The number of hydrogen-bond donors (Lipinski definition) is 1. The monoisotopic (exact) mass is 193 g/mol. The second kappa shape index (κ2) is 3.14. The Bertz CT molecular complexity index is 350. The van der Waals surface area contributed by atoms with Gasteiger partial charge in [0, 0.05) is 0 Å². The lowest BCUT2D eigenvalue weighted by Crippen LogP contribution is -2.19. The second-order valence-corrected chi connectivity index (χ2v) is 3.07. The number of ether oxygens (including phenoxy) is 1. The van der Waals surface area contributed by atoms with Crippen LogP contribution in [0.4, 0.5) is 0 Å². The molecule has 0 bridgehead atoms. The Hall–Kier alpha value is -1.42. The van der Waals surface area contributed by atoms with E-state index in [0.717, 1.165) is 5.56 Å². The molecule has 0 radical (unpaired) electrons. The van der Waals surface area contributed by atoms with E-state index < -0.39 is 6.04 Å². The van der Waals surface area contributed by atoms with Crippen molar-refractivity contribution in [2.24, 2.45) is 0 Å². The van der Waals surface area contributed by atoms with Crippen LogP contribution < -0.4 is 5.32 Å². The molecule has 1 aliphatic heterocycles. The second-order valence-electron chi connectivity index (χ2n) is 2.70. The minimum absolute atomic E-state index is 0.152. The van der Waals surface area contributed by atoms with Crippen molar-refractivity contribution >= 4 is 23.4 Å². The van der Waals surface area contributed by atoms with Crippen LogP contribution in [0.1, 0.15) is 11.6 Å². The topological polar surface area (TPSA) is 38.3 Å². The highest BCUT2D eigenvalue weighted by molar-refractivity contribution is 7.80. The van der Waals surface area contributed by atoms with E-state index in [0.29, 0.717) is 0 Å². The summed E-state index contributed by atoms with van der Waals surface area (Å²) in [5.74, 6) is -0.337. The smallest absolute Gasteiger partial charge is 0.340 e. The van der Waals surface area contributed by atoms with Gasteiger partial charge in [0.15, 0.2) is 6.04 Å². The van der Waals surface area contributed by atoms with Crippen LogP contribution in [0.5, 0.6) is 0 Å². The molecule has 1 saturated heterocycles. The maximum atomic E-state index is 11.2. The van der Waals surface area contributed by atoms with Gasteiger partial charge in [-0.05, 0) is 17.8 Å². The summed E-state index contributed by atoms with van der Waals surface area (Å²) in [5, 5.41) is 2.93. The summed E-state index contributed by atoms with van der Waals surface area (Å²) in [6.07, 6.45) is 0. The summed E-state index contributed by atoms with van der Waals surface area (Å²) < 4.78 is 4.71. The molecule has 2 rings (SSSR count). The molecule has 1 aromatic rings. The molecule has 0 aliphatic carbocycles. The summed E-state index contributed by atoms with van der Waals surface area (Å²) in [6.45, 7) is 0. The van der Waals surface area contributed by atoms with Gasteiger partial charge >= 0.3 is 5.97 Å². The molecule has 1 aliphatic rings. The third-order valence-electron chi connectivity index (χ3n) is 1.82. The van der Waals surface area contributed by atoms with Gasteiger partial charge in [0.1, 0.15) is 0 Å². The molecule has 13 heavy (non-hydrogen) atoms. The highest BCUT2D eigenvalue weighted by atomic mass is 32.1. The zero-order valence-corrected chi connectivity index (χ0v) is 7.51. The molecule has 1 fully saturated rings. The lowest BCUT2D eigenvalue weighted by atomic mass is 10.1. The zero-order valence-electron chi connectivity index (χ0n) is 6.69. The molecule has 1 atom stereocenters. The molecular weight excluding hydrogens is 186 g/mol. The Labute approximate surface area is 80.7 Å². The van der Waals surface area contributed by atoms with Crippen molar-refractivity contribution in [3.63, 3.8) is 0 Å². The van der Waals surface area contributed by atoms with Crippen molar-refractivity contribution in [3.8, 4) is 0 Å². The van der Waals surface area contributed by atoms with Crippen LogP contribution in [-0.2, 0) is 9.53 Å². The molecule has 0 unspecified atom stereocenters. The summed E-state index contributed by atoms with van der Waals surface area (Å²) in [7, 11) is 0. The highest BCUT2D eigenvalue weighted by Gasteiger charge is 2.30. The Balaban J connectivity index is 2.28. The quantitative estimate of drug-likeness (QED) is 0.536. The minimum Gasteiger partial charge on any atom is -0.397 e. The number of nitrogens with one attached hydrogen (secondary N) is 1. The first-order valence-electron chi connectivity index (χ1n) is 3.84. The fourth-order valence-corrected chi connectivity index (χ4v) is 1.42. The normalized spacial score (nSPS) is 21.1. The number of cyclic esters (lactones) is 1. The molecule has 4 heteroatoms. The number of rotatable bonds is 1. The molecule has 0 amide bonds. The molecule has 66 valence electrons. The lowest BCUT2D eigenvalue weighted by molar-refractivity contribution is -0.134. The van der Waals surface area contributed by atoms with Crippen LogP contribution in [0.3, 0.4) is 0 Å². The van der Waals surface area contributed by atoms with Crippen molar-refractivity contribution in [3.05, 3.63) is 35.9 Å². The van der Waals surface area contributed by atoms with Crippen LogP contribution in [0, 0.1) is 0 Å². The van der Waals surface area contributed by atoms with Gasteiger partial charge in [-0.1, -0.05) is 30.3 Å². The number of thiocarbonyl (C=S) groups is 1. The van der Waals surface area contributed by atoms with E-state index in [9.17, 15) is 4.79 Å². The highest BCUT2D eigenvalue weighted by Crippen LogP contribution is 2.18. The maximum Gasteiger partial charge on any atom is 0.340 e. The molecule has 0 spiro atoms. The Kier molecular flexibility index (Phi) is 1.98. The standard InChI is InChI=1S/C9H7NO2S/c11-8-7(10-9(13)12-8)6-4-2-1-3-5-6/h1-5,7H,(H,10,13)/t7-/m1/s1. The van der Waals surface area contributed by atoms with Crippen LogP contribution >= 0.6 is 12.2 Å². The summed E-state index contributed by atoms with van der Waals surface area (Å²) in [4.78, 5) is 11.2. The summed E-state index contributed by atoms with van der Waals surface area (Å²) >= 11 is 4.72. The Morgan fingerprint density at radius 3 is 2.54 bits per heavy atom. The van der Waals surface area contributed by atoms with Crippen LogP contribution in [0.25, 0.3) is 0 Å². The SMILES string of the molecule is O=C1OC(=S)N[C@@H]1c1ccccc1. The number of carbonyl (C=O) groups excluding carboxylic acids is 1. The van der Waals surface area contributed by atoms with Gasteiger partial charge in [0.25, 0.3) is 5.17 Å². The van der Waals surface area contributed by atoms with E-state index in [1.54, 1.807) is 0 Å². The number of carbonyl (C=O) groups is 1. The van der Waals surface area contributed by atoms with Gasteiger partial charge < -0.3 is 10.1 Å². The third-order valence-corrected chi connectivity index (χ3v) is 2.03. The van der Waals surface area contributed by atoms with Crippen molar-refractivity contribution in [1.82, 2.24) is 5.32 Å². The van der Waals surface area contributed by atoms with Gasteiger partial charge in [0.05, 0.1) is 0 Å². The largest absolute Gasteiger partial charge is 0.397 e. The van der Waals surface area contributed by atoms with Gasteiger partial charge in [-0.25, -0.2) is 4.79 Å². The summed E-state index contributed by atoms with van der Waals surface area (Å²) in [5.41, 5.74) is 0.868. The van der Waals surface area contributed by atoms with Crippen molar-refractivity contribution in [2.45, 2.75) is 6.04 Å². The first kappa shape index (κ1) is 8.19. The molecule has 3 nitrogen and oxygen atoms in total. The minimum atomic E-state index is -0.436. The zero-order chi connectivity index (χ0) is 9.26. The Morgan fingerprint density at radius 2 is 2.00 bits per heavy atom. The molecule has 0 saturated carbocycles. The maximum absolute atomic E-state index is 11.2. The molecule has 0 aromatic heterocycles. The van der Waals surface area contributed by atoms with Crippen molar-refractivity contribution < 1.29 is 9.53 Å². The van der Waals surface area contributed by atoms with Crippen LogP contribution in [0.2, 0.25) is 0 Å². The van der Waals surface area contributed by atoms with Gasteiger partial charge in [-0.3, -0.25) is 0 Å². The van der Waals surface area contributed by atoms with E-state index in [2.05, 4.69) is 5.32 Å². The molecule has 1 heterocycles. The first-order chi connectivity index (χ1) is 6.27. The lowest BCUT2D eigenvalue weighted by Gasteiger charge is -2.04. The first-order valence-corrected chi connectivity index (χ1v) is 4.25. The molecule has 1 N–H and O–H groups in total. The predicted octanol–water partition coefficient (Wildman–Crippen LogP) is 1.16. The predicted molar refractivity (Wildman–Crippen MR) is 51.0 cm³/mol. The van der Waals surface area contributed by atoms with E-state index in [1.165, 1.54) is 0 Å². The fourth-order valence-electron chi connectivity index (χ4n) is 1.22. The Morgan fingerprint density at radius 1 is 1.31 bits per heavy atom. The van der Waals surface area contributed by atoms with Crippen LogP contribution in [-0.4, -0.2) is 11.1 Å². The van der Waals surface area contributed by atoms with Gasteiger partial charge in [-0.15, -0.1) is 0 Å². The molecule has 1 aromatic carbocycles. The number of benzene rings is 1. The average molecular weight is 193 g/mol. The number of hydrogen-bond acceptors (Lipinski definition) is 3. The fraction of sp³-hybridized carbons (Fsp3) is 0.111. The summed E-state index contributed by atoms with van der Waals surface area (Å²) in [6, 6.07) is 8.90. The van der Waals surface area contributed by atoms with Crippen LogP contribution in [0.15, 0.2) is 30.3 Å². The van der Waals surface area contributed by atoms with Gasteiger partial charge in [0.2, 0.25) is 0 Å². The van der Waals surface area contributed by atoms with E-state index in [1.807, 2.05) is 30.3 Å².